The summed E-state index contributed by atoms with van der Waals surface area (Å²) in [6, 6.07) is 7.71. The minimum atomic E-state index is -5.08. The van der Waals surface area contributed by atoms with Gasteiger partial charge >= 0.3 is 17.8 Å². The van der Waals surface area contributed by atoms with Crippen molar-refractivity contribution >= 4 is 32.7 Å². The molecular formula is C21H18F5N7O3S. The fraction of sp³-hybridized carbons (Fsp3) is 0.190. The first kappa shape index (κ1) is 27.4. The number of carboxylic acid groups (broad SMARTS) is 1. The lowest BCUT2D eigenvalue weighted by atomic mass is 10.1. The molecule has 0 radical (unpaired) electrons. The maximum absolute atomic E-state index is 12.8. The molecule has 3 aromatic heterocycles. The monoisotopic (exact) mass is 543 g/mol. The van der Waals surface area contributed by atoms with Crippen LogP contribution in [0, 0.1) is 6.92 Å². The number of nitrogen functional groups attached to an aromatic ring is 1. The number of benzene rings is 1. The van der Waals surface area contributed by atoms with Crippen LogP contribution in [0.1, 0.15) is 5.56 Å². The maximum Gasteiger partial charge on any atom is 0.490 e. The minimum absolute atomic E-state index is 0.347. The van der Waals surface area contributed by atoms with Crippen LogP contribution in [0.25, 0.3) is 27.2 Å². The second kappa shape index (κ2) is 10.8. The van der Waals surface area contributed by atoms with E-state index in [0.717, 1.165) is 31.6 Å². The van der Waals surface area contributed by atoms with Gasteiger partial charge in [-0.25, -0.2) is 28.8 Å². The molecule has 196 valence electrons. The minimum Gasteiger partial charge on any atom is -0.475 e. The molecule has 16 heteroatoms. The highest BCUT2D eigenvalue weighted by Gasteiger charge is 2.38. The first-order valence-electron chi connectivity index (χ1n) is 10.1. The van der Waals surface area contributed by atoms with E-state index in [4.69, 9.17) is 21.4 Å². The molecular weight excluding hydrogens is 525 g/mol. The summed E-state index contributed by atoms with van der Waals surface area (Å²) in [5.74, 6) is -2.39. The molecule has 0 amide bonds. The number of carbonyl (C=O) groups is 1. The molecule has 1 aromatic carbocycles. The summed E-state index contributed by atoms with van der Waals surface area (Å²) >= 11 is 1.42. The number of rotatable bonds is 5. The second-order valence-electron chi connectivity index (χ2n) is 7.41. The van der Waals surface area contributed by atoms with E-state index in [2.05, 4.69) is 15.1 Å². The molecule has 0 bridgehead atoms. The number of nitrogens with two attached hydrogens (primary N) is 2. The Balaban J connectivity index is 0.000000479. The van der Waals surface area contributed by atoms with Gasteiger partial charge in [0.1, 0.15) is 12.1 Å². The summed E-state index contributed by atoms with van der Waals surface area (Å²) in [4.78, 5) is 30.2. The molecule has 0 saturated carbocycles. The van der Waals surface area contributed by atoms with Crippen molar-refractivity contribution in [3.05, 3.63) is 64.5 Å². The van der Waals surface area contributed by atoms with Crippen molar-refractivity contribution in [3.8, 4) is 16.9 Å². The normalized spacial score (nSPS) is 11.2. The SMILES string of the molecule is Cc1cc(-c2ccc3sc(N)nc3c2)cnc1-n1cnn(CC(CN)=C(F)F)c1=O.O=C(O)C(F)(F)F. The van der Waals surface area contributed by atoms with E-state index in [0.29, 0.717) is 10.9 Å². The molecule has 0 aliphatic carbocycles. The van der Waals surface area contributed by atoms with E-state index >= 15 is 0 Å². The molecule has 0 aliphatic rings. The standard InChI is InChI=1S/C19H17F2N7OS.C2HF3O2/c1-10-4-12(11-2-3-15-14(5-11)26-18(23)30-15)7-24-17(10)27-9-25-28(19(27)29)8-13(6-22)16(20)21;3-2(4,5)1(6)7/h2-5,7,9H,6,8,22H2,1H3,(H2,23,26);(H,6,7). The Bertz CT molecular complexity index is 1540. The Hall–Kier alpha value is -4.18. The third-order valence-corrected chi connectivity index (χ3v) is 5.71. The van der Waals surface area contributed by atoms with Crippen molar-refractivity contribution in [1.82, 2.24) is 24.3 Å². The van der Waals surface area contributed by atoms with Crippen molar-refractivity contribution in [3.63, 3.8) is 0 Å². The lowest BCUT2D eigenvalue weighted by Crippen LogP contribution is -2.27. The van der Waals surface area contributed by atoms with E-state index in [1.165, 1.54) is 22.2 Å². The van der Waals surface area contributed by atoms with Gasteiger partial charge in [0.15, 0.2) is 5.13 Å². The third kappa shape index (κ3) is 6.34. The van der Waals surface area contributed by atoms with E-state index in [-0.39, 0.29) is 18.7 Å². The fourth-order valence-electron chi connectivity index (χ4n) is 3.08. The largest absolute Gasteiger partial charge is 0.490 e. The number of nitrogens with zero attached hydrogens (tertiary/aromatic N) is 5. The van der Waals surface area contributed by atoms with Crippen LogP contribution in [0.3, 0.4) is 0 Å². The topological polar surface area (TPSA) is 155 Å². The van der Waals surface area contributed by atoms with E-state index in [9.17, 15) is 26.7 Å². The van der Waals surface area contributed by atoms with Gasteiger partial charge in [-0.15, -0.1) is 0 Å². The number of aryl methyl sites for hydroxylation is 1. The predicted octanol–water partition coefficient (Wildman–Crippen LogP) is 3.34. The van der Waals surface area contributed by atoms with Gasteiger partial charge in [0, 0.05) is 23.9 Å². The smallest absolute Gasteiger partial charge is 0.475 e. The summed E-state index contributed by atoms with van der Waals surface area (Å²) < 4.78 is 60.6. The molecule has 0 saturated heterocycles. The zero-order chi connectivity index (χ0) is 27.5. The fourth-order valence-corrected chi connectivity index (χ4v) is 3.79. The number of thiazole rings is 1. The summed E-state index contributed by atoms with van der Waals surface area (Å²) in [7, 11) is 0. The average molecular weight is 543 g/mol. The van der Waals surface area contributed by atoms with Gasteiger partial charge in [0.25, 0.3) is 6.08 Å². The number of anilines is 1. The highest BCUT2D eigenvalue weighted by atomic mass is 32.1. The molecule has 0 unspecified atom stereocenters. The van der Waals surface area contributed by atoms with E-state index in [1.54, 1.807) is 13.1 Å². The van der Waals surface area contributed by atoms with Crippen molar-refractivity contribution in [2.45, 2.75) is 19.6 Å². The van der Waals surface area contributed by atoms with Gasteiger partial charge in [-0.05, 0) is 36.2 Å². The molecule has 0 fully saturated rings. The Morgan fingerprint density at radius 3 is 2.43 bits per heavy atom. The Kier molecular flexibility index (Phi) is 8.03. The van der Waals surface area contributed by atoms with Crippen LogP contribution in [-0.4, -0.2) is 48.1 Å². The highest BCUT2D eigenvalue weighted by molar-refractivity contribution is 7.22. The molecule has 5 N–H and O–H groups in total. The van der Waals surface area contributed by atoms with Crippen molar-refractivity contribution in [2.24, 2.45) is 5.73 Å². The van der Waals surface area contributed by atoms with Crippen molar-refractivity contribution < 1.29 is 31.9 Å². The van der Waals surface area contributed by atoms with Crippen molar-refractivity contribution in [2.75, 3.05) is 12.3 Å². The first-order chi connectivity index (χ1) is 17.3. The van der Waals surface area contributed by atoms with Crippen LogP contribution < -0.4 is 17.2 Å². The first-order valence-corrected chi connectivity index (χ1v) is 10.9. The average Bonchev–Trinajstić information content (AvgIpc) is 3.37. The number of pyridine rings is 1. The van der Waals surface area contributed by atoms with Gasteiger partial charge in [-0.2, -0.15) is 27.1 Å². The van der Waals surface area contributed by atoms with Gasteiger partial charge < -0.3 is 16.6 Å². The molecule has 4 rings (SSSR count). The molecule has 3 heterocycles. The number of aliphatic carboxylic acids is 1. The van der Waals surface area contributed by atoms with Crippen LogP contribution in [0.4, 0.5) is 27.1 Å². The zero-order valence-electron chi connectivity index (χ0n) is 18.8. The van der Waals surface area contributed by atoms with Gasteiger partial charge in [0.05, 0.1) is 16.8 Å². The molecule has 0 atom stereocenters. The van der Waals surface area contributed by atoms with Gasteiger partial charge in [-0.3, -0.25) is 0 Å². The number of alkyl halides is 3. The summed E-state index contributed by atoms with van der Waals surface area (Å²) in [6.45, 7) is 1.07. The Labute approximate surface area is 208 Å². The lowest BCUT2D eigenvalue weighted by molar-refractivity contribution is -0.192. The number of halogens is 5. The molecule has 0 aliphatic heterocycles. The number of hydrogen-bond acceptors (Lipinski definition) is 8. The quantitative estimate of drug-likeness (QED) is 0.324. The van der Waals surface area contributed by atoms with Crippen LogP contribution in [-0.2, 0) is 11.3 Å². The lowest BCUT2D eigenvalue weighted by Gasteiger charge is -2.08. The predicted molar refractivity (Wildman–Crippen MR) is 125 cm³/mol. The Morgan fingerprint density at radius 1 is 1.19 bits per heavy atom. The number of aromatic nitrogens is 5. The highest BCUT2D eigenvalue weighted by Crippen LogP contribution is 2.29. The van der Waals surface area contributed by atoms with Crippen LogP contribution in [0.15, 0.2) is 53.2 Å². The maximum atomic E-state index is 12.8. The number of fused-ring (bicyclic) bond motifs is 1. The molecule has 10 nitrogen and oxygen atoms in total. The second-order valence-corrected chi connectivity index (χ2v) is 8.47. The molecule has 4 aromatic rings. The van der Waals surface area contributed by atoms with Crippen LogP contribution in [0.5, 0.6) is 0 Å². The van der Waals surface area contributed by atoms with Crippen molar-refractivity contribution in [1.29, 1.82) is 0 Å². The Morgan fingerprint density at radius 2 is 1.86 bits per heavy atom. The molecule has 37 heavy (non-hydrogen) atoms. The third-order valence-electron chi connectivity index (χ3n) is 4.85. The summed E-state index contributed by atoms with van der Waals surface area (Å²) in [6.07, 6.45) is -4.10. The van der Waals surface area contributed by atoms with Crippen LogP contribution in [0.2, 0.25) is 0 Å². The van der Waals surface area contributed by atoms with Gasteiger partial charge in [-0.1, -0.05) is 17.4 Å². The number of carboxylic acids is 1. The zero-order valence-corrected chi connectivity index (χ0v) is 19.6. The summed E-state index contributed by atoms with van der Waals surface area (Å²) in [5.41, 5.74) is 13.4. The van der Waals surface area contributed by atoms with E-state index < -0.39 is 23.9 Å². The van der Waals surface area contributed by atoms with E-state index in [1.807, 2.05) is 24.3 Å². The number of hydrogen-bond donors (Lipinski definition) is 3. The van der Waals surface area contributed by atoms with Gasteiger partial charge in [0.2, 0.25) is 0 Å². The molecule has 0 spiro atoms. The van der Waals surface area contributed by atoms with Crippen LogP contribution >= 0.6 is 11.3 Å². The summed E-state index contributed by atoms with van der Waals surface area (Å²) in [5, 5.41) is 11.5.